The average molecular weight is 473 g/mol. The zero-order valence-electron chi connectivity index (χ0n) is 19.0. The van der Waals surface area contributed by atoms with Gasteiger partial charge in [0.1, 0.15) is 5.75 Å². The standard InChI is InChI=1S/C26H27F3N2O3/c1-2-34-20-7-3-19(4-8-20)25(33)30-14-11-26(12-15-30)13-16-31(17-26)22(32)10-6-18-5-9-21(27)24(29)23(18)28/h3-10H,2,11-17H2,1H3. The van der Waals surface area contributed by atoms with Crippen LogP contribution >= 0.6 is 0 Å². The van der Waals surface area contributed by atoms with Gasteiger partial charge < -0.3 is 14.5 Å². The monoisotopic (exact) mass is 472 g/mol. The number of nitrogens with zero attached hydrogens (tertiary/aromatic N) is 2. The SMILES string of the molecule is CCOc1ccc(C(=O)N2CCC3(CCN(C(=O)C=Cc4ccc(F)c(F)c4F)C3)CC2)cc1. The average Bonchev–Trinajstić information content (AvgIpc) is 3.26. The molecule has 0 atom stereocenters. The molecular formula is C26H27F3N2O3. The Balaban J connectivity index is 1.32. The first kappa shape index (κ1) is 23.9. The Bertz CT molecular complexity index is 1090. The molecule has 2 aromatic carbocycles. The van der Waals surface area contributed by atoms with Crippen molar-refractivity contribution in [1.82, 2.24) is 9.80 Å². The van der Waals surface area contributed by atoms with Crippen LogP contribution in [0, 0.1) is 22.9 Å². The maximum atomic E-state index is 13.8. The van der Waals surface area contributed by atoms with Crippen LogP contribution in [0.25, 0.3) is 6.08 Å². The predicted molar refractivity (Wildman–Crippen MR) is 122 cm³/mol. The van der Waals surface area contributed by atoms with Crippen LogP contribution in [0.3, 0.4) is 0 Å². The topological polar surface area (TPSA) is 49.9 Å². The molecule has 4 rings (SSSR count). The first-order valence-electron chi connectivity index (χ1n) is 11.4. The predicted octanol–water partition coefficient (Wildman–Crippen LogP) is 4.67. The van der Waals surface area contributed by atoms with Crippen molar-refractivity contribution in [2.45, 2.75) is 26.2 Å². The lowest BCUT2D eigenvalue weighted by Crippen LogP contribution is -2.44. The van der Waals surface area contributed by atoms with Crippen molar-refractivity contribution in [1.29, 1.82) is 0 Å². The molecule has 2 aromatic rings. The molecule has 0 radical (unpaired) electrons. The van der Waals surface area contributed by atoms with Gasteiger partial charge in [-0.2, -0.15) is 0 Å². The maximum absolute atomic E-state index is 13.8. The molecular weight excluding hydrogens is 445 g/mol. The Hall–Kier alpha value is -3.29. The number of halogens is 3. The molecule has 0 unspecified atom stereocenters. The zero-order chi connectivity index (χ0) is 24.3. The molecule has 0 saturated carbocycles. The van der Waals surface area contributed by atoms with E-state index in [4.69, 9.17) is 4.74 Å². The van der Waals surface area contributed by atoms with Gasteiger partial charge in [0.15, 0.2) is 17.5 Å². The summed E-state index contributed by atoms with van der Waals surface area (Å²) in [5.41, 5.74) is 0.395. The fraction of sp³-hybridized carbons (Fsp3) is 0.385. The number of hydrogen-bond acceptors (Lipinski definition) is 3. The van der Waals surface area contributed by atoms with Gasteiger partial charge in [-0.1, -0.05) is 0 Å². The number of ether oxygens (including phenoxy) is 1. The fourth-order valence-electron chi connectivity index (χ4n) is 4.69. The maximum Gasteiger partial charge on any atom is 0.253 e. The molecule has 180 valence electrons. The molecule has 0 aliphatic carbocycles. The summed E-state index contributed by atoms with van der Waals surface area (Å²) in [4.78, 5) is 29.0. The number of amides is 2. The van der Waals surface area contributed by atoms with Gasteiger partial charge in [0.2, 0.25) is 5.91 Å². The molecule has 0 N–H and O–H groups in total. The van der Waals surface area contributed by atoms with Crippen molar-refractivity contribution in [3.63, 3.8) is 0 Å². The van der Waals surface area contributed by atoms with Gasteiger partial charge in [0, 0.05) is 43.4 Å². The Morgan fingerprint density at radius 2 is 1.59 bits per heavy atom. The van der Waals surface area contributed by atoms with Gasteiger partial charge >= 0.3 is 0 Å². The molecule has 2 aliphatic rings. The van der Waals surface area contributed by atoms with Crippen molar-refractivity contribution in [3.8, 4) is 5.75 Å². The van der Waals surface area contributed by atoms with Crippen molar-refractivity contribution in [2.24, 2.45) is 5.41 Å². The Labute approximate surface area is 196 Å². The highest BCUT2D eigenvalue weighted by molar-refractivity contribution is 5.94. The van der Waals surface area contributed by atoms with E-state index in [2.05, 4.69) is 0 Å². The summed E-state index contributed by atoms with van der Waals surface area (Å²) < 4.78 is 45.7. The molecule has 34 heavy (non-hydrogen) atoms. The van der Waals surface area contributed by atoms with E-state index >= 15 is 0 Å². The van der Waals surface area contributed by atoms with Crippen molar-refractivity contribution in [2.75, 3.05) is 32.8 Å². The third kappa shape index (κ3) is 4.95. The lowest BCUT2D eigenvalue weighted by molar-refractivity contribution is -0.125. The van der Waals surface area contributed by atoms with E-state index in [1.165, 1.54) is 12.2 Å². The van der Waals surface area contributed by atoms with Crippen molar-refractivity contribution in [3.05, 3.63) is 71.1 Å². The third-order valence-electron chi connectivity index (χ3n) is 6.74. The zero-order valence-corrected chi connectivity index (χ0v) is 19.0. The highest BCUT2D eigenvalue weighted by Gasteiger charge is 2.42. The van der Waals surface area contributed by atoms with Crippen LogP contribution < -0.4 is 4.74 Å². The first-order chi connectivity index (χ1) is 16.3. The second-order valence-electron chi connectivity index (χ2n) is 8.86. The quantitative estimate of drug-likeness (QED) is 0.470. The number of carbonyl (C=O) groups excluding carboxylic acids is 2. The van der Waals surface area contributed by atoms with Gasteiger partial charge in [0.25, 0.3) is 5.91 Å². The number of piperidine rings is 1. The van der Waals surface area contributed by atoms with Gasteiger partial charge in [-0.05, 0) is 74.1 Å². The second-order valence-corrected chi connectivity index (χ2v) is 8.86. The first-order valence-corrected chi connectivity index (χ1v) is 11.4. The summed E-state index contributed by atoms with van der Waals surface area (Å²) >= 11 is 0. The van der Waals surface area contributed by atoms with Crippen LogP contribution in [0.5, 0.6) is 5.75 Å². The molecule has 0 bridgehead atoms. The van der Waals surface area contributed by atoms with E-state index in [0.717, 1.165) is 37.1 Å². The van der Waals surface area contributed by atoms with E-state index in [-0.39, 0.29) is 22.8 Å². The molecule has 5 nitrogen and oxygen atoms in total. The van der Waals surface area contributed by atoms with E-state index in [1.54, 1.807) is 29.2 Å². The smallest absolute Gasteiger partial charge is 0.253 e. The Morgan fingerprint density at radius 3 is 2.24 bits per heavy atom. The molecule has 2 amide bonds. The van der Waals surface area contributed by atoms with Crippen LogP contribution in [0.15, 0.2) is 42.5 Å². The van der Waals surface area contributed by atoms with E-state index < -0.39 is 17.5 Å². The normalized spacial score (nSPS) is 17.5. The Morgan fingerprint density at radius 1 is 0.941 bits per heavy atom. The number of benzene rings is 2. The molecule has 0 aromatic heterocycles. The van der Waals surface area contributed by atoms with E-state index in [9.17, 15) is 22.8 Å². The van der Waals surface area contributed by atoms with Gasteiger partial charge in [0.05, 0.1) is 6.61 Å². The van der Waals surface area contributed by atoms with Gasteiger partial charge in [-0.25, -0.2) is 13.2 Å². The molecule has 2 saturated heterocycles. The second kappa shape index (κ2) is 9.91. The van der Waals surface area contributed by atoms with Crippen LogP contribution in [0.1, 0.15) is 42.1 Å². The van der Waals surface area contributed by atoms with Crippen LogP contribution in [0.2, 0.25) is 0 Å². The minimum atomic E-state index is -1.55. The van der Waals surface area contributed by atoms with Crippen molar-refractivity contribution >= 4 is 17.9 Å². The molecule has 2 heterocycles. The Kier molecular flexibility index (Phi) is 6.95. The highest BCUT2D eigenvalue weighted by atomic mass is 19.2. The number of carbonyl (C=O) groups is 2. The largest absolute Gasteiger partial charge is 0.494 e. The summed E-state index contributed by atoms with van der Waals surface area (Å²) in [6.07, 6.45) is 4.78. The highest BCUT2D eigenvalue weighted by Crippen LogP contribution is 2.40. The minimum absolute atomic E-state index is 0.0136. The van der Waals surface area contributed by atoms with Crippen LogP contribution in [-0.4, -0.2) is 54.4 Å². The van der Waals surface area contributed by atoms with Crippen LogP contribution in [0.4, 0.5) is 13.2 Å². The number of likely N-dealkylation sites (tertiary alicyclic amines) is 2. The van der Waals surface area contributed by atoms with Crippen LogP contribution in [-0.2, 0) is 4.79 Å². The summed E-state index contributed by atoms with van der Waals surface area (Å²) in [6.45, 7) is 4.83. The van der Waals surface area contributed by atoms with E-state index in [1.807, 2.05) is 11.8 Å². The lowest BCUT2D eigenvalue weighted by atomic mass is 9.77. The van der Waals surface area contributed by atoms with E-state index in [0.29, 0.717) is 38.3 Å². The summed E-state index contributed by atoms with van der Waals surface area (Å²) in [5.74, 6) is -3.72. The minimum Gasteiger partial charge on any atom is -0.494 e. The lowest BCUT2D eigenvalue weighted by Gasteiger charge is -2.39. The molecule has 2 aliphatic heterocycles. The van der Waals surface area contributed by atoms with Gasteiger partial charge in [-0.3, -0.25) is 9.59 Å². The molecule has 2 fully saturated rings. The third-order valence-corrected chi connectivity index (χ3v) is 6.74. The summed E-state index contributed by atoms with van der Waals surface area (Å²) in [6, 6.07) is 9.06. The van der Waals surface area contributed by atoms with Gasteiger partial charge in [-0.15, -0.1) is 0 Å². The summed E-state index contributed by atoms with van der Waals surface area (Å²) in [7, 11) is 0. The molecule has 1 spiro atoms. The number of hydrogen-bond donors (Lipinski definition) is 0. The van der Waals surface area contributed by atoms with Crippen molar-refractivity contribution < 1.29 is 27.5 Å². The molecule has 8 heteroatoms. The summed E-state index contributed by atoms with van der Waals surface area (Å²) in [5, 5.41) is 0. The fourth-order valence-corrected chi connectivity index (χ4v) is 4.69. The number of rotatable bonds is 5.